The van der Waals surface area contributed by atoms with Crippen molar-refractivity contribution in [3.8, 4) is 0 Å². The lowest BCUT2D eigenvalue weighted by molar-refractivity contribution is 0.0950. The molecule has 110 valence electrons. The number of hydrogen-bond acceptors (Lipinski definition) is 2. The van der Waals surface area contributed by atoms with E-state index in [4.69, 9.17) is 17.3 Å². The van der Waals surface area contributed by atoms with Crippen LogP contribution in [0.4, 0.5) is 5.69 Å². The Bertz CT molecular complexity index is 476. The molecule has 2 rings (SSSR count). The normalized spacial score (nSPS) is 22.5. The maximum absolute atomic E-state index is 12.0. The highest BCUT2D eigenvalue weighted by atomic mass is 35.5. The van der Waals surface area contributed by atoms with E-state index in [1.54, 1.807) is 18.2 Å². The van der Waals surface area contributed by atoms with Crippen molar-refractivity contribution in [2.75, 3.05) is 12.3 Å². The minimum Gasteiger partial charge on any atom is -0.398 e. The molecule has 0 heterocycles. The molecule has 0 aliphatic heterocycles. The lowest BCUT2D eigenvalue weighted by Gasteiger charge is -2.26. The second kappa shape index (κ2) is 6.98. The van der Waals surface area contributed by atoms with Crippen molar-refractivity contribution in [2.45, 2.75) is 39.0 Å². The third-order valence-corrected chi connectivity index (χ3v) is 4.38. The van der Waals surface area contributed by atoms with Crippen LogP contribution < -0.4 is 11.1 Å². The molecular formula is C16H23ClN2O. The predicted molar refractivity (Wildman–Crippen MR) is 83.9 cm³/mol. The molecule has 1 aromatic rings. The first kappa shape index (κ1) is 15.2. The molecule has 0 radical (unpaired) electrons. The zero-order valence-corrected chi connectivity index (χ0v) is 12.7. The van der Waals surface area contributed by atoms with Crippen LogP contribution in [-0.4, -0.2) is 12.5 Å². The molecule has 20 heavy (non-hydrogen) atoms. The number of anilines is 1. The number of nitrogens with two attached hydrogens (primary N) is 1. The fourth-order valence-electron chi connectivity index (χ4n) is 3.05. The molecule has 0 spiro atoms. The highest BCUT2D eigenvalue weighted by molar-refractivity contribution is 6.31. The van der Waals surface area contributed by atoms with E-state index in [2.05, 4.69) is 12.2 Å². The van der Waals surface area contributed by atoms with Gasteiger partial charge in [-0.05, 0) is 42.9 Å². The maximum Gasteiger partial charge on any atom is 0.253 e. The minimum absolute atomic E-state index is 0.108. The van der Waals surface area contributed by atoms with Crippen LogP contribution in [0.3, 0.4) is 0 Å². The Kier molecular flexibility index (Phi) is 5.30. The Balaban J connectivity index is 1.80. The van der Waals surface area contributed by atoms with Crippen molar-refractivity contribution in [3.63, 3.8) is 0 Å². The van der Waals surface area contributed by atoms with Crippen molar-refractivity contribution >= 4 is 23.2 Å². The first-order valence-corrected chi connectivity index (χ1v) is 7.77. The summed E-state index contributed by atoms with van der Waals surface area (Å²) < 4.78 is 0. The molecule has 3 nitrogen and oxygen atoms in total. The number of hydrogen-bond donors (Lipinski definition) is 2. The van der Waals surface area contributed by atoms with Crippen LogP contribution in [0.2, 0.25) is 5.02 Å². The van der Waals surface area contributed by atoms with Gasteiger partial charge in [-0.25, -0.2) is 0 Å². The highest BCUT2D eigenvalue weighted by Gasteiger charge is 2.18. The summed E-state index contributed by atoms with van der Waals surface area (Å²) in [5, 5.41) is 3.51. The van der Waals surface area contributed by atoms with Crippen LogP contribution in [0.1, 0.15) is 49.4 Å². The third kappa shape index (κ3) is 4.14. The number of benzene rings is 1. The number of rotatable bonds is 4. The summed E-state index contributed by atoms with van der Waals surface area (Å²) in [6.07, 6.45) is 6.32. The van der Waals surface area contributed by atoms with Crippen LogP contribution in [0.5, 0.6) is 0 Å². The van der Waals surface area contributed by atoms with Gasteiger partial charge in [0.05, 0.1) is 5.56 Å². The number of carbonyl (C=O) groups is 1. The fraction of sp³-hybridized carbons (Fsp3) is 0.562. The molecule has 3 N–H and O–H groups in total. The molecule has 1 aliphatic carbocycles. The van der Waals surface area contributed by atoms with Crippen LogP contribution in [0.25, 0.3) is 0 Å². The monoisotopic (exact) mass is 294 g/mol. The van der Waals surface area contributed by atoms with Crippen LogP contribution in [0, 0.1) is 11.8 Å². The second-order valence-electron chi connectivity index (χ2n) is 5.91. The third-order valence-electron chi connectivity index (χ3n) is 4.14. The quantitative estimate of drug-likeness (QED) is 0.828. The van der Waals surface area contributed by atoms with Crippen molar-refractivity contribution < 1.29 is 4.79 Å². The molecule has 1 fully saturated rings. The van der Waals surface area contributed by atoms with E-state index >= 15 is 0 Å². The van der Waals surface area contributed by atoms with Crippen molar-refractivity contribution in [1.29, 1.82) is 0 Å². The standard InChI is InChI=1S/C16H23ClN2O/c1-11-3-2-4-12(9-11)7-8-19-16(20)14-6-5-13(17)10-15(14)18/h5-6,10-12H,2-4,7-9,18H2,1H3,(H,19,20). The first-order valence-electron chi connectivity index (χ1n) is 7.39. The Morgan fingerprint density at radius 3 is 2.95 bits per heavy atom. The van der Waals surface area contributed by atoms with E-state index < -0.39 is 0 Å². The summed E-state index contributed by atoms with van der Waals surface area (Å²) in [6.45, 7) is 3.04. The SMILES string of the molecule is CC1CCCC(CCNC(=O)c2ccc(Cl)cc2N)C1. The van der Waals surface area contributed by atoms with Gasteiger partial charge in [0, 0.05) is 17.3 Å². The van der Waals surface area contributed by atoms with Crippen LogP contribution in [0.15, 0.2) is 18.2 Å². The second-order valence-corrected chi connectivity index (χ2v) is 6.35. The molecule has 2 atom stereocenters. The van der Waals surface area contributed by atoms with E-state index in [0.717, 1.165) is 24.8 Å². The smallest absolute Gasteiger partial charge is 0.253 e. The summed E-state index contributed by atoms with van der Waals surface area (Å²) in [7, 11) is 0. The highest BCUT2D eigenvalue weighted by Crippen LogP contribution is 2.30. The number of halogens is 1. The van der Waals surface area contributed by atoms with Gasteiger partial charge in [0.2, 0.25) is 0 Å². The Labute approximate surface area is 125 Å². The van der Waals surface area contributed by atoms with Crippen LogP contribution in [-0.2, 0) is 0 Å². The summed E-state index contributed by atoms with van der Waals surface area (Å²) in [4.78, 5) is 12.0. The zero-order chi connectivity index (χ0) is 14.5. The van der Waals surface area contributed by atoms with E-state index in [1.165, 1.54) is 25.7 Å². The van der Waals surface area contributed by atoms with Crippen molar-refractivity contribution in [3.05, 3.63) is 28.8 Å². The first-order chi connectivity index (χ1) is 9.56. The van der Waals surface area contributed by atoms with E-state index in [0.29, 0.717) is 16.3 Å². The molecule has 1 aromatic carbocycles. The minimum atomic E-state index is -0.108. The molecule has 1 saturated carbocycles. The van der Waals surface area contributed by atoms with Gasteiger partial charge in [-0.1, -0.05) is 37.8 Å². The Hall–Kier alpha value is -1.22. The van der Waals surface area contributed by atoms with Gasteiger partial charge >= 0.3 is 0 Å². The summed E-state index contributed by atoms with van der Waals surface area (Å²) in [6, 6.07) is 4.98. The summed E-state index contributed by atoms with van der Waals surface area (Å²) in [5.41, 5.74) is 6.75. The van der Waals surface area contributed by atoms with Gasteiger partial charge < -0.3 is 11.1 Å². The predicted octanol–water partition coefficient (Wildman–Crippen LogP) is 3.87. The lowest BCUT2D eigenvalue weighted by atomic mass is 9.81. The topological polar surface area (TPSA) is 55.1 Å². The van der Waals surface area contributed by atoms with Gasteiger partial charge in [0.25, 0.3) is 5.91 Å². The molecule has 0 bridgehead atoms. The fourth-order valence-corrected chi connectivity index (χ4v) is 3.23. The largest absolute Gasteiger partial charge is 0.398 e. The molecule has 2 unspecified atom stereocenters. The van der Waals surface area contributed by atoms with Gasteiger partial charge in [-0.15, -0.1) is 0 Å². The van der Waals surface area contributed by atoms with Crippen LogP contribution >= 0.6 is 11.6 Å². The van der Waals surface area contributed by atoms with Gasteiger partial charge in [0.15, 0.2) is 0 Å². The van der Waals surface area contributed by atoms with E-state index in [9.17, 15) is 4.79 Å². The molecule has 4 heteroatoms. The number of nitrogen functional groups attached to an aromatic ring is 1. The average Bonchev–Trinajstić information content (AvgIpc) is 2.38. The Morgan fingerprint density at radius 2 is 2.25 bits per heavy atom. The molecule has 1 aliphatic rings. The van der Waals surface area contributed by atoms with Gasteiger partial charge in [-0.2, -0.15) is 0 Å². The maximum atomic E-state index is 12.0. The summed E-state index contributed by atoms with van der Waals surface area (Å²) in [5.74, 6) is 1.47. The van der Waals surface area contributed by atoms with E-state index in [1.807, 2.05) is 0 Å². The lowest BCUT2D eigenvalue weighted by Crippen LogP contribution is -2.27. The molecule has 0 aromatic heterocycles. The summed E-state index contributed by atoms with van der Waals surface area (Å²) >= 11 is 5.83. The number of nitrogens with one attached hydrogen (secondary N) is 1. The van der Waals surface area contributed by atoms with Gasteiger partial charge in [0.1, 0.15) is 0 Å². The average molecular weight is 295 g/mol. The molecule has 0 saturated heterocycles. The van der Waals surface area contributed by atoms with Crippen molar-refractivity contribution in [2.24, 2.45) is 11.8 Å². The zero-order valence-electron chi connectivity index (χ0n) is 12.0. The van der Waals surface area contributed by atoms with Gasteiger partial charge in [-0.3, -0.25) is 4.79 Å². The Morgan fingerprint density at radius 1 is 1.45 bits per heavy atom. The number of amides is 1. The van der Waals surface area contributed by atoms with E-state index in [-0.39, 0.29) is 5.91 Å². The van der Waals surface area contributed by atoms with Crippen molar-refractivity contribution in [1.82, 2.24) is 5.32 Å². The molecular weight excluding hydrogens is 272 g/mol. The number of carbonyl (C=O) groups excluding carboxylic acids is 1. The molecule has 1 amide bonds.